The van der Waals surface area contributed by atoms with Gasteiger partial charge < -0.3 is 40.3 Å². The largest absolute Gasteiger partial charge is 0.394 e. The van der Waals surface area contributed by atoms with Crippen molar-refractivity contribution in [3.8, 4) is 0 Å². The van der Waals surface area contributed by atoms with Crippen molar-refractivity contribution in [2.24, 2.45) is 0 Å². The Morgan fingerprint density at radius 3 is 1.87 bits per heavy atom. The van der Waals surface area contributed by atoms with E-state index in [0.29, 0.717) is 6.42 Å². The third-order valence-electron chi connectivity index (χ3n) is 8.53. The minimum absolute atomic E-state index is 0.196. The monoisotopic (exact) mass is 641 g/mol. The Morgan fingerprint density at radius 1 is 0.733 bits per heavy atom. The van der Waals surface area contributed by atoms with Gasteiger partial charge in [0.15, 0.2) is 6.29 Å². The molecule has 0 aromatic rings. The maximum atomic E-state index is 12.7. The number of aliphatic hydroxyl groups is 5. The number of hydrogen-bond acceptors (Lipinski definition) is 8. The van der Waals surface area contributed by atoms with Gasteiger partial charge in [0.25, 0.3) is 0 Å². The Morgan fingerprint density at radius 2 is 1.27 bits per heavy atom. The zero-order valence-electron chi connectivity index (χ0n) is 28.4. The number of carbonyl (C=O) groups is 1. The first kappa shape index (κ1) is 41.7. The highest BCUT2D eigenvalue weighted by Crippen LogP contribution is 2.22. The van der Waals surface area contributed by atoms with E-state index in [0.717, 1.165) is 38.5 Å². The second-order valence-electron chi connectivity index (χ2n) is 12.7. The van der Waals surface area contributed by atoms with Crippen LogP contribution in [0.25, 0.3) is 0 Å². The van der Waals surface area contributed by atoms with Crippen LogP contribution in [0.4, 0.5) is 0 Å². The number of nitrogens with one attached hydrogen (secondary N) is 1. The molecule has 7 atom stereocenters. The predicted octanol–water partition coefficient (Wildman–Crippen LogP) is 5.60. The van der Waals surface area contributed by atoms with Gasteiger partial charge in [-0.3, -0.25) is 4.79 Å². The number of ether oxygens (including phenoxy) is 2. The van der Waals surface area contributed by atoms with E-state index in [1.54, 1.807) is 6.08 Å². The van der Waals surface area contributed by atoms with Crippen LogP contribution in [0, 0.1) is 0 Å². The first-order chi connectivity index (χ1) is 21.8. The van der Waals surface area contributed by atoms with E-state index in [1.165, 1.54) is 83.5 Å². The molecule has 1 aliphatic heterocycles. The van der Waals surface area contributed by atoms with Crippen molar-refractivity contribution in [2.45, 2.75) is 185 Å². The lowest BCUT2D eigenvalue weighted by molar-refractivity contribution is -0.302. The van der Waals surface area contributed by atoms with Gasteiger partial charge in [-0.2, -0.15) is 0 Å². The lowest BCUT2D eigenvalue weighted by atomic mass is 9.99. The van der Waals surface area contributed by atoms with Gasteiger partial charge in [0, 0.05) is 6.42 Å². The van der Waals surface area contributed by atoms with Crippen molar-refractivity contribution in [2.75, 3.05) is 13.2 Å². The summed E-state index contributed by atoms with van der Waals surface area (Å²) in [5.74, 6) is -0.196. The van der Waals surface area contributed by atoms with Crippen molar-refractivity contribution in [1.29, 1.82) is 0 Å². The number of hydrogen-bond donors (Lipinski definition) is 6. The molecule has 0 aliphatic carbocycles. The lowest BCUT2D eigenvalue weighted by Crippen LogP contribution is -2.60. The van der Waals surface area contributed by atoms with Crippen LogP contribution in [0.5, 0.6) is 0 Å². The molecule has 1 heterocycles. The van der Waals surface area contributed by atoms with E-state index in [2.05, 4.69) is 31.3 Å². The molecule has 1 aliphatic rings. The summed E-state index contributed by atoms with van der Waals surface area (Å²) < 4.78 is 11.1. The summed E-state index contributed by atoms with van der Waals surface area (Å²) in [5.41, 5.74) is 0. The van der Waals surface area contributed by atoms with Crippen molar-refractivity contribution in [1.82, 2.24) is 5.32 Å². The van der Waals surface area contributed by atoms with E-state index >= 15 is 0 Å². The summed E-state index contributed by atoms with van der Waals surface area (Å²) >= 11 is 0. The van der Waals surface area contributed by atoms with Crippen molar-refractivity contribution < 1.29 is 39.8 Å². The third kappa shape index (κ3) is 19.8. The van der Waals surface area contributed by atoms with Crippen LogP contribution in [0.15, 0.2) is 24.3 Å². The molecule has 1 amide bonds. The summed E-state index contributed by atoms with van der Waals surface area (Å²) in [6.07, 6.45) is 22.4. The highest BCUT2D eigenvalue weighted by atomic mass is 16.7. The molecule has 0 aromatic heterocycles. The highest BCUT2D eigenvalue weighted by molar-refractivity contribution is 5.76. The Balaban J connectivity index is 2.49. The molecule has 9 nitrogen and oxygen atoms in total. The third-order valence-corrected chi connectivity index (χ3v) is 8.53. The lowest BCUT2D eigenvalue weighted by Gasteiger charge is -2.40. The van der Waals surface area contributed by atoms with E-state index < -0.39 is 49.5 Å². The quantitative estimate of drug-likeness (QED) is 0.0478. The summed E-state index contributed by atoms with van der Waals surface area (Å²) in [6, 6.07) is -0.812. The van der Waals surface area contributed by atoms with Crippen LogP contribution < -0.4 is 5.32 Å². The molecule has 9 heteroatoms. The molecule has 264 valence electrons. The molecule has 0 aromatic carbocycles. The van der Waals surface area contributed by atoms with Gasteiger partial charge in [0.05, 0.1) is 25.4 Å². The maximum absolute atomic E-state index is 12.7. The normalized spacial score (nSPS) is 23.6. The van der Waals surface area contributed by atoms with Crippen molar-refractivity contribution in [3.05, 3.63) is 24.3 Å². The molecule has 0 bridgehead atoms. The second kappa shape index (κ2) is 27.8. The van der Waals surface area contributed by atoms with Gasteiger partial charge in [-0.05, 0) is 32.1 Å². The Bertz CT molecular complexity index is 761. The smallest absolute Gasteiger partial charge is 0.220 e. The molecule has 45 heavy (non-hydrogen) atoms. The molecular weight excluding hydrogens is 574 g/mol. The fraction of sp³-hybridized carbons (Fsp3) is 0.861. The van der Waals surface area contributed by atoms with E-state index in [1.807, 2.05) is 6.08 Å². The molecule has 1 rings (SSSR count). The van der Waals surface area contributed by atoms with Crippen LogP contribution in [0.3, 0.4) is 0 Å². The topological polar surface area (TPSA) is 149 Å². The fourth-order valence-electron chi connectivity index (χ4n) is 5.52. The molecule has 1 saturated heterocycles. The molecule has 0 saturated carbocycles. The van der Waals surface area contributed by atoms with Gasteiger partial charge in [-0.1, -0.05) is 128 Å². The number of carbonyl (C=O) groups excluding carboxylic acids is 1. The number of aliphatic hydroxyl groups excluding tert-OH is 5. The van der Waals surface area contributed by atoms with Crippen LogP contribution in [-0.2, 0) is 14.3 Å². The molecule has 0 spiro atoms. The van der Waals surface area contributed by atoms with Gasteiger partial charge in [0.1, 0.15) is 24.4 Å². The minimum Gasteiger partial charge on any atom is -0.394 e. The van der Waals surface area contributed by atoms with Crippen molar-refractivity contribution in [3.63, 3.8) is 0 Å². The van der Waals surface area contributed by atoms with Crippen molar-refractivity contribution >= 4 is 5.91 Å². The van der Waals surface area contributed by atoms with Crippen LogP contribution in [0.2, 0.25) is 0 Å². The van der Waals surface area contributed by atoms with Gasteiger partial charge in [-0.15, -0.1) is 0 Å². The van der Waals surface area contributed by atoms with E-state index in [4.69, 9.17) is 9.47 Å². The Hall–Kier alpha value is -1.33. The first-order valence-corrected chi connectivity index (χ1v) is 18.1. The van der Waals surface area contributed by atoms with Crippen LogP contribution in [0.1, 0.15) is 142 Å². The standard InChI is InChI=1S/C36H67NO8/c1-3-5-7-9-11-12-13-14-15-16-17-18-20-21-23-25-30(39)29(37-32(40)26-24-22-19-10-8-6-4-2)28-44-36-35(43)34(42)33(41)31(27-38)45-36/h17-18,23,25,29-31,33-36,38-39,41-43H,3-16,19-22,24,26-28H2,1-2H3,(H,37,40)/b18-17+,25-23+. The average Bonchev–Trinajstić information content (AvgIpc) is 3.03. The second-order valence-corrected chi connectivity index (χ2v) is 12.7. The zero-order chi connectivity index (χ0) is 33.1. The number of allylic oxidation sites excluding steroid dienone is 3. The van der Waals surface area contributed by atoms with Gasteiger partial charge >= 0.3 is 0 Å². The SMILES string of the molecule is CCCCCCCCCCC/C=C/CC/C=C/C(O)C(COC1OC(CO)C(O)C(O)C1O)NC(=O)CCCCCCCCC. The number of rotatable bonds is 28. The van der Waals surface area contributed by atoms with Gasteiger partial charge in [-0.25, -0.2) is 0 Å². The molecule has 6 N–H and O–H groups in total. The van der Waals surface area contributed by atoms with Crippen LogP contribution >= 0.6 is 0 Å². The maximum Gasteiger partial charge on any atom is 0.220 e. The number of unbranched alkanes of at least 4 members (excludes halogenated alkanes) is 16. The molecule has 0 radical (unpaired) electrons. The summed E-state index contributed by atoms with van der Waals surface area (Å²) in [5, 5.41) is 53.6. The Labute approximate surface area is 273 Å². The summed E-state index contributed by atoms with van der Waals surface area (Å²) in [7, 11) is 0. The highest BCUT2D eigenvalue weighted by Gasteiger charge is 2.44. The molecule has 1 fully saturated rings. The molecular formula is C36H67NO8. The Kier molecular flexibility index (Phi) is 25.7. The molecule has 7 unspecified atom stereocenters. The van der Waals surface area contributed by atoms with E-state index in [9.17, 15) is 30.3 Å². The zero-order valence-corrected chi connectivity index (χ0v) is 28.4. The summed E-state index contributed by atoms with van der Waals surface area (Å²) in [4.78, 5) is 12.7. The first-order valence-electron chi connectivity index (χ1n) is 18.1. The summed E-state index contributed by atoms with van der Waals surface area (Å²) in [6.45, 7) is 3.67. The minimum atomic E-state index is -1.57. The van der Waals surface area contributed by atoms with E-state index in [-0.39, 0.29) is 12.5 Å². The number of amides is 1. The van der Waals surface area contributed by atoms with Gasteiger partial charge in [0.2, 0.25) is 5.91 Å². The fourth-order valence-corrected chi connectivity index (χ4v) is 5.52. The predicted molar refractivity (Wildman–Crippen MR) is 180 cm³/mol. The average molecular weight is 642 g/mol. The van der Waals surface area contributed by atoms with Crippen LogP contribution in [-0.4, -0.2) is 87.5 Å².